The van der Waals surface area contributed by atoms with Gasteiger partial charge in [0.05, 0.1) is 6.10 Å². The third kappa shape index (κ3) is 2.75. The Kier molecular flexibility index (Phi) is 5.15. The van der Waals surface area contributed by atoms with Gasteiger partial charge in [-0.05, 0) is 109 Å². The van der Waals surface area contributed by atoms with Gasteiger partial charge in [0.2, 0.25) is 0 Å². The highest BCUT2D eigenvalue weighted by Gasteiger charge is 2.68. The molecule has 3 heteroatoms. The average Bonchev–Trinajstić information content (AvgIpc) is 2.74. The van der Waals surface area contributed by atoms with Crippen LogP contribution in [0.15, 0.2) is 11.6 Å². The second kappa shape index (κ2) is 7.11. The molecule has 0 aliphatic heterocycles. The summed E-state index contributed by atoms with van der Waals surface area (Å²) in [5.74, 6) is 1.42. The average molecular weight is 456 g/mol. The predicted octanol–water partition coefficient (Wildman–Crippen LogP) is 5.75. The molecule has 1 N–H and O–H groups in total. The molecule has 0 amide bonds. The minimum absolute atomic E-state index is 0.0385. The van der Waals surface area contributed by atoms with Crippen LogP contribution < -0.4 is 5.11 Å². The maximum absolute atomic E-state index is 12.7. The Labute approximate surface area is 201 Å². The molecule has 0 aromatic rings. The van der Waals surface area contributed by atoms with Crippen molar-refractivity contribution in [1.82, 2.24) is 0 Å². The molecule has 3 nitrogen and oxygen atoms in total. The van der Waals surface area contributed by atoms with Crippen molar-refractivity contribution in [3.63, 3.8) is 0 Å². The molecule has 10 atom stereocenters. The molecule has 5 rings (SSSR count). The highest BCUT2D eigenvalue weighted by molar-refractivity contribution is 5.74. The molecular weight excluding hydrogens is 408 g/mol. The summed E-state index contributed by atoms with van der Waals surface area (Å²) in [6.45, 7) is 16.8. The van der Waals surface area contributed by atoms with Gasteiger partial charge in [-0.3, -0.25) is 0 Å². The first-order valence-corrected chi connectivity index (χ1v) is 13.9. The second-order valence-electron chi connectivity index (χ2n) is 14.5. The summed E-state index contributed by atoms with van der Waals surface area (Å²) in [6, 6.07) is 0. The maximum atomic E-state index is 12.7. The van der Waals surface area contributed by atoms with E-state index in [-0.39, 0.29) is 33.7 Å². The zero-order chi connectivity index (χ0) is 24.2. The van der Waals surface area contributed by atoms with Crippen LogP contribution in [0, 0.1) is 56.7 Å². The number of aliphatic hydroxyl groups is 1. The van der Waals surface area contributed by atoms with Gasteiger partial charge in [-0.15, -0.1) is 0 Å². The number of aliphatic hydroxyl groups excluding tert-OH is 1. The van der Waals surface area contributed by atoms with Gasteiger partial charge in [0.25, 0.3) is 0 Å². The van der Waals surface area contributed by atoms with Crippen LogP contribution in [0.3, 0.4) is 0 Å². The molecule has 0 heterocycles. The Bertz CT molecular complexity index is 874. The third-order valence-electron chi connectivity index (χ3n) is 13.4. The SMILES string of the molecule is C[C@@H]1[C@H](C)CC[C@]2(C(=O)[O-])CC[C@]3(C)C(=CC[C@@H]4[C@@]5(C)CC[C@H](O)C(C)(C)[C@@H]5CC[C@]43C)[C@H]12. The van der Waals surface area contributed by atoms with E-state index in [9.17, 15) is 15.0 Å². The van der Waals surface area contributed by atoms with E-state index in [1.54, 1.807) is 0 Å². The number of carbonyl (C=O) groups is 1. The lowest BCUT2D eigenvalue weighted by atomic mass is 9.33. The van der Waals surface area contributed by atoms with Crippen molar-refractivity contribution in [1.29, 1.82) is 0 Å². The van der Waals surface area contributed by atoms with Crippen LogP contribution in [0.5, 0.6) is 0 Å². The van der Waals surface area contributed by atoms with Crippen molar-refractivity contribution in [3.05, 3.63) is 11.6 Å². The summed E-state index contributed by atoms with van der Waals surface area (Å²) in [5, 5.41) is 23.6. The highest BCUT2D eigenvalue weighted by atomic mass is 16.4. The van der Waals surface area contributed by atoms with Crippen molar-refractivity contribution >= 4 is 5.97 Å². The lowest BCUT2D eigenvalue weighted by Crippen LogP contribution is -2.66. The number of rotatable bonds is 1. The molecule has 4 saturated carbocycles. The zero-order valence-corrected chi connectivity index (χ0v) is 22.2. The van der Waals surface area contributed by atoms with Gasteiger partial charge >= 0.3 is 0 Å². The fraction of sp³-hybridized carbons (Fsp3) is 0.900. The third-order valence-corrected chi connectivity index (χ3v) is 13.4. The summed E-state index contributed by atoms with van der Waals surface area (Å²) >= 11 is 0. The molecule has 0 saturated heterocycles. The molecule has 5 aliphatic carbocycles. The number of fused-ring (bicyclic) bond motifs is 7. The number of hydrogen-bond donors (Lipinski definition) is 1. The van der Waals surface area contributed by atoms with Crippen molar-refractivity contribution in [2.24, 2.45) is 56.7 Å². The predicted molar refractivity (Wildman–Crippen MR) is 130 cm³/mol. The van der Waals surface area contributed by atoms with E-state index >= 15 is 0 Å². The molecule has 5 aliphatic rings. The van der Waals surface area contributed by atoms with E-state index < -0.39 is 11.4 Å². The Morgan fingerprint density at radius 1 is 0.939 bits per heavy atom. The van der Waals surface area contributed by atoms with E-state index in [0.29, 0.717) is 23.7 Å². The van der Waals surface area contributed by atoms with Gasteiger partial charge < -0.3 is 15.0 Å². The summed E-state index contributed by atoms with van der Waals surface area (Å²) in [6.07, 6.45) is 11.3. The van der Waals surface area contributed by atoms with E-state index in [0.717, 1.165) is 44.9 Å². The lowest BCUT2D eigenvalue weighted by Gasteiger charge is -2.71. The van der Waals surface area contributed by atoms with Crippen LogP contribution >= 0.6 is 0 Å². The van der Waals surface area contributed by atoms with Crippen LogP contribution in [0.2, 0.25) is 0 Å². The minimum Gasteiger partial charge on any atom is -0.550 e. The largest absolute Gasteiger partial charge is 0.550 e. The van der Waals surface area contributed by atoms with Gasteiger partial charge in [-0.2, -0.15) is 0 Å². The Morgan fingerprint density at radius 2 is 1.64 bits per heavy atom. The van der Waals surface area contributed by atoms with E-state index in [2.05, 4.69) is 54.5 Å². The summed E-state index contributed by atoms with van der Waals surface area (Å²) in [7, 11) is 0. The summed E-state index contributed by atoms with van der Waals surface area (Å²) in [5.41, 5.74) is 1.24. The number of carboxylic acids is 1. The second-order valence-corrected chi connectivity index (χ2v) is 14.5. The van der Waals surface area contributed by atoms with Gasteiger partial charge in [-0.1, -0.05) is 60.1 Å². The summed E-state index contributed by atoms with van der Waals surface area (Å²) in [4.78, 5) is 12.7. The molecule has 0 aromatic heterocycles. The molecular formula is C30H47O3-. The van der Waals surface area contributed by atoms with E-state index in [1.807, 2.05) is 0 Å². The van der Waals surface area contributed by atoms with Crippen LogP contribution in [0.25, 0.3) is 0 Å². The Balaban J connectivity index is 1.61. The first-order valence-electron chi connectivity index (χ1n) is 13.9. The van der Waals surface area contributed by atoms with Crippen LogP contribution in [0.4, 0.5) is 0 Å². The number of hydrogen-bond acceptors (Lipinski definition) is 3. The Hall–Kier alpha value is -0.830. The first-order chi connectivity index (χ1) is 15.3. The molecule has 33 heavy (non-hydrogen) atoms. The van der Waals surface area contributed by atoms with E-state index in [1.165, 1.54) is 18.4 Å². The van der Waals surface area contributed by atoms with Crippen molar-refractivity contribution in [2.75, 3.05) is 0 Å². The maximum Gasteiger partial charge on any atom is 0.0594 e. The van der Waals surface area contributed by atoms with Crippen molar-refractivity contribution < 1.29 is 15.0 Å². The highest BCUT2D eigenvalue weighted by Crippen LogP contribution is 2.75. The van der Waals surface area contributed by atoms with Gasteiger partial charge in [0, 0.05) is 11.4 Å². The smallest absolute Gasteiger partial charge is 0.0594 e. The molecule has 186 valence electrons. The molecule has 4 fully saturated rings. The minimum atomic E-state index is -0.792. The first kappa shape index (κ1) is 23.9. The number of aliphatic carboxylic acids is 1. The number of allylic oxidation sites excluding steroid dienone is 2. The van der Waals surface area contributed by atoms with Crippen LogP contribution in [0.1, 0.15) is 106 Å². The Morgan fingerprint density at radius 3 is 2.30 bits per heavy atom. The zero-order valence-electron chi connectivity index (χ0n) is 22.2. The molecule has 0 bridgehead atoms. The van der Waals surface area contributed by atoms with E-state index in [4.69, 9.17) is 0 Å². The standard InChI is InChI=1S/C30H48O3/c1-18-10-15-30(25(32)33)17-16-28(6)20(24(30)19(18)2)8-9-22-27(5)13-12-23(31)26(3,4)21(27)11-14-29(22,28)7/h8,18-19,21-24,31H,9-17H2,1-7H3,(H,32,33)/p-1/t18-,19-,21+,22-,23+,24+,27+,28-,29-,30+/m1/s1. The molecule has 0 unspecified atom stereocenters. The quantitative estimate of drug-likeness (QED) is 0.512. The lowest BCUT2D eigenvalue weighted by molar-refractivity contribution is -0.327. The van der Waals surface area contributed by atoms with Crippen molar-refractivity contribution in [3.8, 4) is 0 Å². The molecule has 0 aromatic carbocycles. The fourth-order valence-electron chi connectivity index (χ4n) is 10.8. The van der Waals surface area contributed by atoms with Crippen LogP contribution in [-0.4, -0.2) is 17.2 Å². The molecule has 0 radical (unpaired) electrons. The van der Waals surface area contributed by atoms with Crippen LogP contribution in [-0.2, 0) is 4.79 Å². The van der Waals surface area contributed by atoms with Gasteiger partial charge in [0.1, 0.15) is 0 Å². The van der Waals surface area contributed by atoms with Crippen molar-refractivity contribution in [2.45, 2.75) is 112 Å². The topological polar surface area (TPSA) is 60.4 Å². The fourth-order valence-corrected chi connectivity index (χ4v) is 10.8. The monoisotopic (exact) mass is 455 g/mol. The number of carbonyl (C=O) groups excluding carboxylic acids is 1. The van der Waals surface area contributed by atoms with Gasteiger partial charge in [-0.25, -0.2) is 0 Å². The molecule has 0 spiro atoms. The summed E-state index contributed by atoms with van der Waals surface area (Å²) < 4.78 is 0. The van der Waals surface area contributed by atoms with Gasteiger partial charge in [0.15, 0.2) is 0 Å². The number of carboxylic acid groups (broad SMARTS) is 1. The normalized spacial score (nSPS) is 55.3.